The Labute approximate surface area is 130 Å². The fourth-order valence-electron chi connectivity index (χ4n) is 2.57. The van der Waals surface area contributed by atoms with E-state index >= 15 is 0 Å². The zero-order valence-corrected chi connectivity index (χ0v) is 13.4. The molecule has 0 saturated carbocycles. The average molecular weight is 312 g/mol. The molecule has 2 heterocycles. The minimum absolute atomic E-state index is 0.0562. The smallest absolute Gasteiger partial charge is 0.255 e. The van der Waals surface area contributed by atoms with Crippen molar-refractivity contribution in [3.63, 3.8) is 0 Å². The molecule has 1 aromatic rings. The van der Waals surface area contributed by atoms with E-state index in [1.807, 2.05) is 24.8 Å². The molecular formula is C15H22ClN3O2. The Morgan fingerprint density at radius 1 is 1.43 bits per heavy atom. The third-order valence-corrected chi connectivity index (χ3v) is 3.87. The summed E-state index contributed by atoms with van der Waals surface area (Å²) in [5.74, 6) is 0.571. The van der Waals surface area contributed by atoms with Crippen LogP contribution in [0.25, 0.3) is 0 Å². The second-order valence-corrected chi connectivity index (χ2v) is 5.63. The molecule has 1 fully saturated rings. The lowest BCUT2D eigenvalue weighted by Crippen LogP contribution is -2.41. The average Bonchev–Trinajstić information content (AvgIpc) is 2.52. The first-order chi connectivity index (χ1) is 10.2. The fourth-order valence-corrected chi connectivity index (χ4v) is 2.66. The standard InChI is InChI=1S/C15H22ClN3O2/c1-3-14-13(10-11(2)17-18-14)15(20)19-7-4-12(5-8-19)21-9-6-16/h10,12H,3-9H2,1-2H3. The molecule has 0 unspecified atom stereocenters. The summed E-state index contributed by atoms with van der Waals surface area (Å²) in [6, 6.07) is 1.84. The molecule has 6 heteroatoms. The van der Waals surface area contributed by atoms with Gasteiger partial charge in [0.1, 0.15) is 0 Å². The number of aryl methyl sites for hydroxylation is 2. The summed E-state index contributed by atoms with van der Waals surface area (Å²) in [4.78, 5) is 14.5. The SMILES string of the molecule is CCc1nnc(C)cc1C(=O)N1CCC(OCCCl)CC1. The van der Waals surface area contributed by atoms with Gasteiger partial charge in [-0.3, -0.25) is 4.79 Å². The lowest BCUT2D eigenvalue weighted by atomic mass is 10.0. The van der Waals surface area contributed by atoms with Crippen LogP contribution < -0.4 is 0 Å². The highest BCUT2D eigenvalue weighted by Crippen LogP contribution is 2.18. The predicted octanol–water partition coefficient (Wildman–Crippen LogP) is 2.21. The van der Waals surface area contributed by atoms with E-state index in [0.717, 1.165) is 37.3 Å². The lowest BCUT2D eigenvalue weighted by Gasteiger charge is -2.32. The molecule has 5 nitrogen and oxygen atoms in total. The van der Waals surface area contributed by atoms with E-state index < -0.39 is 0 Å². The summed E-state index contributed by atoms with van der Waals surface area (Å²) >= 11 is 5.63. The van der Waals surface area contributed by atoms with Crippen LogP contribution in [0.1, 0.15) is 41.5 Å². The minimum atomic E-state index is 0.0562. The van der Waals surface area contributed by atoms with Crippen LogP contribution in [0.15, 0.2) is 6.07 Å². The highest BCUT2D eigenvalue weighted by Gasteiger charge is 2.25. The first-order valence-electron chi connectivity index (χ1n) is 7.45. The predicted molar refractivity (Wildman–Crippen MR) is 81.7 cm³/mol. The molecule has 0 N–H and O–H groups in total. The molecule has 0 spiro atoms. The number of hydrogen-bond acceptors (Lipinski definition) is 4. The molecule has 1 aromatic heterocycles. The van der Waals surface area contributed by atoms with E-state index in [1.54, 1.807) is 0 Å². The number of ether oxygens (including phenoxy) is 1. The number of amides is 1. The largest absolute Gasteiger partial charge is 0.377 e. The second-order valence-electron chi connectivity index (χ2n) is 5.25. The number of halogens is 1. The first kappa shape index (κ1) is 16.2. The van der Waals surface area contributed by atoms with Gasteiger partial charge in [0.2, 0.25) is 0 Å². The van der Waals surface area contributed by atoms with Gasteiger partial charge in [-0.1, -0.05) is 6.92 Å². The molecular weight excluding hydrogens is 290 g/mol. The topological polar surface area (TPSA) is 55.3 Å². The second kappa shape index (κ2) is 7.71. The number of carbonyl (C=O) groups excluding carboxylic acids is 1. The van der Waals surface area contributed by atoms with Gasteiger partial charge in [-0.15, -0.1) is 11.6 Å². The van der Waals surface area contributed by atoms with E-state index in [1.165, 1.54) is 0 Å². The maximum Gasteiger partial charge on any atom is 0.255 e. The van der Waals surface area contributed by atoms with Gasteiger partial charge in [0, 0.05) is 19.0 Å². The number of nitrogens with zero attached hydrogens (tertiary/aromatic N) is 3. The van der Waals surface area contributed by atoms with E-state index in [2.05, 4.69) is 10.2 Å². The Kier molecular flexibility index (Phi) is 5.94. The summed E-state index contributed by atoms with van der Waals surface area (Å²) in [6.07, 6.45) is 2.66. The number of aromatic nitrogens is 2. The van der Waals surface area contributed by atoms with Crippen LogP contribution in [0.3, 0.4) is 0 Å². The quantitative estimate of drug-likeness (QED) is 0.782. The van der Waals surface area contributed by atoms with Crippen molar-refractivity contribution in [3.05, 3.63) is 23.0 Å². The molecule has 0 bridgehead atoms. The number of carbonyl (C=O) groups is 1. The number of rotatable bonds is 5. The van der Waals surface area contributed by atoms with Gasteiger partial charge in [-0.2, -0.15) is 10.2 Å². The zero-order valence-electron chi connectivity index (χ0n) is 12.6. The molecule has 0 radical (unpaired) electrons. The Bertz CT molecular complexity index is 488. The first-order valence-corrected chi connectivity index (χ1v) is 7.99. The summed E-state index contributed by atoms with van der Waals surface area (Å²) < 4.78 is 5.64. The van der Waals surface area contributed by atoms with E-state index in [0.29, 0.717) is 24.5 Å². The Morgan fingerprint density at radius 2 is 2.14 bits per heavy atom. The van der Waals surface area contributed by atoms with E-state index in [4.69, 9.17) is 16.3 Å². The highest BCUT2D eigenvalue weighted by molar-refractivity contribution is 6.17. The minimum Gasteiger partial charge on any atom is -0.377 e. The maximum atomic E-state index is 12.6. The third-order valence-electron chi connectivity index (χ3n) is 3.72. The van der Waals surface area contributed by atoms with Crippen molar-refractivity contribution in [1.29, 1.82) is 0 Å². The monoisotopic (exact) mass is 311 g/mol. The van der Waals surface area contributed by atoms with Crippen LogP contribution in [0, 0.1) is 6.92 Å². The van der Waals surface area contributed by atoms with Gasteiger partial charge < -0.3 is 9.64 Å². The molecule has 0 atom stereocenters. The van der Waals surface area contributed by atoms with E-state index in [9.17, 15) is 4.79 Å². The van der Waals surface area contributed by atoms with Crippen molar-refractivity contribution in [2.24, 2.45) is 0 Å². The van der Waals surface area contributed by atoms with Crippen molar-refractivity contribution < 1.29 is 9.53 Å². The van der Waals surface area contributed by atoms with E-state index in [-0.39, 0.29) is 12.0 Å². The van der Waals surface area contributed by atoms with Crippen molar-refractivity contribution in [3.8, 4) is 0 Å². The molecule has 1 amide bonds. The van der Waals surface area contributed by atoms with Crippen LogP contribution >= 0.6 is 11.6 Å². The van der Waals surface area contributed by atoms with Crippen molar-refractivity contribution in [1.82, 2.24) is 15.1 Å². The third kappa shape index (κ3) is 4.14. The Morgan fingerprint density at radius 3 is 2.76 bits per heavy atom. The summed E-state index contributed by atoms with van der Waals surface area (Å²) in [5, 5.41) is 8.16. The summed E-state index contributed by atoms with van der Waals surface area (Å²) in [7, 11) is 0. The van der Waals surface area contributed by atoms with Crippen LogP contribution in [0.5, 0.6) is 0 Å². The van der Waals surface area contributed by atoms with Gasteiger partial charge in [0.05, 0.1) is 29.7 Å². The molecule has 0 aromatic carbocycles. The molecule has 1 saturated heterocycles. The molecule has 116 valence electrons. The van der Waals surface area contributed by atoms with Gasteiger partial charge in [0.25, 0.3) is 5.91 Å². The van der Waals surface area contributed by atoms with Gasteiger partial charge >= 0.3 is 0 Å². The highest BCUT2D eigenvalue weighted by atomic mass is 35.5. The van der Waals surface area contributed by atoms with Crippen molar-refractivity contribution in [2.75, 3.05) is 25.6 Å². The van der Waals surface area contributed by atoms with Crippen LogP contribution in [-0.2, 0) is 11.2 Å². The summed E-state index contributed by atoms with van der Waals surface area (Å²) in [6.45, 7) is 5.86. The van der Waals surface area contributed by atoms with Crippen LogP contribution in [0.4, 0.5) is 0 Å². The summed E-state index contributed by atoms with van der Waals surface area (Å²) in [5.41, 5.74) is 2.23. The van der Waals surface area contributed by atoms with Crippen LogP contribution in [-0.4, -0.2) is 52.7 Å². The normalized spacial score (nSPS) is 16.2. The zero-order chi connectivity index (χ0) is 15.2. The number of likely N-dealkylation sites (tertiary alicyclic amines) is 1. The molecule has 1 aliphatic heterocycles. The van der Waals surface area contributed by atoms with Gasteiger partial charge in [-0.05, 0) is 32.3 Å². The molecule has 2 rings (SSSR count). The van der Waals surface area contributed by atoms with Gasteiger partial charge in [0.15, 0.2) is 0 Å². The van der Waals surface area contributed by atoms with Crippen molar-refractivity contribution in [2.45, 2.75) is 39.2 Å². The van der Waals surface area contributed by atoms with Crippen LogP contribution in [0.2, 0.25) is 0 Å². The lowest BCUT2D eigenvalue weighted by molar-refractivity contribution is 0.0153. The molecule has 0 aliphatic carbocycles. The van der Waals surface area contributed by atoms with Crippen molar-refractivity contribution >= 4 is 17.5 Å². The molecule has 1 aliphatic rings. The maximum absolute atomic E-state index is 12.6. The van der Waals surface area contributed by atoms with Gasteiger partial charge in [-0.25, -0.2) is 0 Å². The molecule has 21 heavy (non-hydrogen) atoms. The number of hydrogen-bond donors (Lipinski definition) is 0. The Balaban J connectivity index is 2.00. The Hall–Kier alpha value is -1.20. The number of piperidine rings is 1. The number of alkyl halides is 1. The fraction of sp³-hybridized carbons (Fsp3) is 0.667.